The fourth-order valence-corrected chi connectivity index (χ4v) is 3.52. The minimum absolute atomic E-state index is 0.00333. The first kappa shape index (κ1) is 25.6. The van der Waals surface area contributed by atoms with Gasteiger partial charge in [0, 0.05) is 24.7 Å². The predicted molar refractivity (Wildman–Crippen MR) is 110 cm³/mol. The average molecular weight is 456 g/mol. The lowest BCUT2D eigenvalue weighted by molar-refractivity contribution is -0.138. The highest BCUT2D eigenvalue weighted by Gasteiger charge is 2.39. The van der Waals surface area contributed by atoms with Gasteiger partial charge in [-0.3, -0.25) is 9.59 Å². The number of aliphatic carboxylic acids is 1. The van der Waals surface area contributed by atoms with Gasteiger partial charge in [-0.2, -0.15) is 13.2 Å². The minimum atomic E-state index is -4.50. The zero-order valence-corrected chi connectivity index (χ0v) is 17.4. The van der Waals surface area contributed by atoms with Crippen LogP contribution in [0.15, 0.2) is 48.6 Å². The molecule has 2 rings (SSSR count). The Bertz CT molecular complexity index is 833. The summed E-state index contributed by atoms with van der Waals surface area (Å²) in [7, 11) is 0. The van der Waals surface area contributed by atoms with Crippen LogP contribution < -0.4 is 4.74 Å². The molecule has 1 fully saturated rings. The van der Waals surface area contributed by atoms with E-state index >= 15 is 0 Å². The molecule has 0 bridgehead atoms. The molecule has 0 amide bonds. The molecular formula is C23H27F3O6. The summed E-state index contributed by atoms with van der Waals surface area (Å²) in [4.78, 5) is 22.7. The maximum atomic E-state index is 12.7. The Morgan fingerprint density at radius 2 is 2.03 bits per heavy atom. The van der Waals surface area contributed by atoms with Crippen molar-refractivity contribution in [3.63, 3.8) is 0 Å². The van der Waals surface area contributed by atoms with Crippen LogP contribution in [0.3, 0.4) is 0 Å². The lowest BCUT2D eigenvalue weighted by Gasteiger charge is -2.17. The molecule has 0 saturated heterocycles. The van der Waals surface area contributed by atoms with Gasteiger partial charge in [-0.1, -0.05) is 30.4 Å². The third-order valence-corrected chi connectivity index (χ3v) is 5.20. The van der Waals surface area contributed by atoms with Crippen LogP contribution in [-0.2, 0) is 15.8 Å². The summed E-state index contributed by atoms with van der Waals surface area (Å²) >= 11 is 0. The number of aliphatic hydroxyl groups excluding tert-OH is 2. The van der Waals surface area contributed by atoms with E-state index in [2.05, 4.69) is 0 Å². The summed E-state index contributed by atoms with van der Waals surface area (Å²) < 4.78 is 43.5. The van der Waals surface area contributed by atoms with Gasteiger partial charge in [0.1, 0.15) is 24.2 Å². The van der Waals surface area contributed by atoms with Crippen LogP contribution in [0.1, 0.15) is 37.7 Å². The molecule has 0 aromatic heterocycles. The van der Waals surface area contributed by atoms with Crippen molar-refractivity contribution < 1.29 is 42.8 Å². The Hall–Kier alpha value is -2.65. The number of carbonyl (C=O) groups is 2. The largest absolute Gasteiger partial charge is 0.491 e. The number of ether oxygens (including phenoxy) is 1. The molecule has 0 radical (unpaired) electrons. The number of carbonyl (C=O) groups excluding carboxylic acids is 1. The Morgan fingerprint density at radius 3 is 2.72 bits per heavy atom. The van der Waals surface area contributed by atoms with E-state index in [0.29, 0.717) is 19.3 Å². The van der Waals surface area contributed by atoms with E-state index < -0.39 is 35.8 Å². The number of benzene rings is 1. The molecule has 6 nitrogen and oxygen atoms in total. The van der Waals surface area contributed by atoms with Crippen molar-refractivity contribution in [1.29, 1.82) is 0 Å². The molecule has 1 aliphatic carbocycles. The van der Waals surface area contributed by atoms with Gasteiger partial charge in [0.05, 0.1) is 11.7 Å². The summed E-state index contributed by atoms with van der Waals surface area (Å²) in [5.41, 5.74) is -0.857. The number of halogens is 3. The Labute approximate surface area is 184 Å². The quantitative estimate of drug-likeness (QED) is 0.346. The molecule has 1 aliphatic rings. The van der Waals surface area contributed by atoms with Crippen LogP contribution in [0, 0.1) is 11.8 Å². The summed E-state index contributed by atoms with van der Waals surface area (Å²) in [6, 6.07) is 4.31. The van der Waals surface area contributed by atoms with Gasteiger partial charge in [0.2, 0.25) is 0 Å². The molecule has 4 atom stereocenters. The standard InChI is InChI=1S/C23H27F3O6/c24-23(25,26)15-6-5-7-17(12-15)32-14-16(27)10-11-19-18(20(28)13-21(19)29)8-3-1-2-4-9-22(30)31/h1,3,5-7,10-12,16,18-20,27-28H,2,4,8-9,13-14H2,(H,30,31)/b3-1+,11-10+/t16-,18-,19-,20+/m1/s1. The molecule has 1 aromatic carbocycles. The highest BCUT2D eigenvalue weighted by atomic mass is 19.4. The van der Waals surface area contributed by atoms with Crippen molar-refractivity contribution in [3.8, 4) is 5.75 Å². The lowest BCUT2D eigenvalue weighted by Crippen LogP contribution is -2.20. The second-order valence-electron chi connectivity index (χ2n) is 7.71. The van der Waals surface area contributed by atoms with Crippen LogP contribution >= 0.6 is 0 Å². The van der Waals surface area contributed by atoms with E-state index in [4.69, 9.17) is 9.84 Å². The number of allylic oxidation sites excluding steroid dienone is 3. The SMILES string of the molecule is O=C(O)CCC/C=C/C[C@H]1[C@@H](O)CC(=O)[C@@H]1/C=C/[C@@H](O)COc1cccc(C(F)(F)F)c1. The maximum absolute atomic E-state index is 12.7. The van der Waals surface area contributed by atoms with Crippen molar-refractivity contribution >= 4 is 11.8 Å². The average Bonchev–Trinajstić information content (AvgIpc) is 2.99. The second-order valence-corrected chi connectivity index (χ2v) is 7.71. The number of alkyl halides is 3. The van der Waals surface area contributed by atoms with E-state index in [1.807, 2.05) is 12.2 Å². The van der Waals surface area contributed by atoms with Crippen LogP contribution in [0.4, 0.5) is 13.2 Å². The van der Waals surface area contributed by atoms with Gasteiger partial charge in [0.25, 0.3) is 0 Å². The van der Waals surface area contributed by atoms with Crippen molar-refractivity contribution in [3.05, 3.63) is 54.1 Å². The number of hydrogen-bond donors (Lipinski definition) is 3. The molecule has 32 heavy (non-hydrogen) atoms. The molecular weight excluding hydrogens is 429 g/mol. The molecule has 1 aromatic rings. The molecule has 0 unspecified atom stereocenters. The first-order chi connectivity index (χ1) is 15.1. The predicted octanol–water partition coefficient (Wildman–Crippen LogP) is 3.77. The number of unbranched alkanes of at least 4 members (excludes halogenated alkanes) is 1. The fraction of sp³-hybridized carbons (Fsp3) is 0.478. The van der Waals surface area contributed by atoms with Gasteiger partial charge in [-0.15, -0.1) is 0 Å². The summed E-state index contributed by atoms with van der Waals surface area (Å²) in [6.07, 6.45) is 1.58. The molecule has 176 valence electrons. The van der Waals surface area contributed by atoms with Crippen LogP contribution in [0.5, 0.6) is 5.75 Å². The number of aliphatic hydroxyl groups is 2. The monoisotopic (exact) mass is 456 g/mol. The first-order valence-electron chi connectivity index (χ1n) is 10.3. The van der Waals surface area contributed by atoms with E-state index in [-0.39, 0.29) is 36.9 Å². The van der Waals surface area contributed by atoms with Gasteiger partial charge < -0.3 is 20.1 Å². The van der Waals surface area contributed by atoms with E-state index in [1.54, 1.807) is 0 Å². The van der Waals surface area contributed by atoms with E-state index in [0.717, 1.165) is 12.1 Å². The van der Waals surface area contributed by atoms with E-state index in [9.17, 15) is 33.0 Å². The minimum Gasteiger partial charge on any atom is -0.491 e. The molecule has 1 saturated carbocycles. The highest BCUT2D eigenvalue weighted by Crippen LogP contribution is 2.34. The van der Waals surface area contributed by atoms with Crippen molar-refractivity contribution in [2.24, 2.45) is 11.8 Å². The highest BCUT2D eigenvalue weighted by molar-refractivity contribution is 5.86. The van der Waals surface area contributed by atoms with E-state index in [1.165, 1.54) is 24.3 Å². The summed E-state index contributed by atoms with van der Waals surface area (Å²) in [6.45, 7) is -0.296. The van der Waals surface area contributed by atoms with Crippen molar-refractivity contribution in [2.75, 3.05) is 6.61 Å². The number of rotatable bonds is 11. The number of carboxylic acid groups (broad SMARTS) is 1. The fourth-order valence-electron chi connectivity index (χ4n) is 3.52. The second kappa shape index (κ2) is 11.8. The first-order valence-corrected chi connectivity index (χ1v) is 10.3. The normalized spacial score (nSPS) is 22.7. The van der Waals surface area contributed by atoms with Crippen LogP contribution in [0.25, 0.3) is 0 Å². The topological polar surface area (TPSA) is 104 Å². The van der Waals surface area contributed by atoms with Crippen LogP contribution in [0.2, 0.25) is 0 Å². The van der Waals surface area contributed by atoms with Gasteiger partial charge in [0.15, 0.2) is 0 Å². The summed E-state index contributed by atoms with van der Waals surface area (Å²) in [5.74, 6) is -2.03. The molecule has 3 N–H and O–H groups in total. The van der Waals surface area contributed by atoms with Gasteiger partial charge in [-0.25, -0.2) is 0 Å². The zero-order valence-electron chi connectivity index (χ0n) is 17.4. The smallest absolute Gasteiger partial charge is 0.416 e. The number of hydrogen-bond acceptors (Lipinski definition) is 5. The zero-order chi connectivity index (χ0) is 23.7. The lowest BCUT2D eigenvalue weighted by atomic mass is 9.90. The number of Topliss-reactive ketones (excluding diaryl/α,β-unsaturated/α-hetero) is 1. The Morgan fingerprint density at radius 1 is 1.28 bits per heavy atom. The number of ketones is 1. The Balaban J connectivity index is 1.88. The summed E-state index contributed by atoms with van der Waals surface area (Å²) in [5, 5.41) is 28.9. The molecule has 0 spiro atoms. The van der Waals surface area contributed by atoms with Crippen molar-refractivity contribution in [2.45, 2.75) is 50.5 Å². The maximum Gasteiger partial charge on any atom is 0.416 e. The van der Waals surface area contributed by atoms with Gasteiger partial charge in [-0.05, 0) is 37.5 Å². The molecule has 9 heteroatoms. The molecule has 0 heterocycles. The Kier molecular flexibility index (Phi) is 9.46. The third kappa shape index (κ3) is 8.12. The van der Waals surface area contributed by atoms with Crippen LogP contribution in [-0.4, -0.2) is 45.9 Å². The number of carboxylic acids is 1. The third-order valence-electron chi connectivity index (χ3n) is 5.20. The molecule has 0 aliphatic heterocycles. The van der Waals surface area contributed by atoms with Crippen molar-refractivity contribution in [1.82, 2.24) is 0 Å². The van der Waals surface area contributed by atoms with Gasteiger partial charge >= 0.3 is 12.1 Å².